The largest absolute Gasteiger partial charge is 0.496 e. The highest BCUT2D eigenvalue weighted by Crippen LogP contribution is 2.38. The first kappa shape index (κ1) is 20.9. The SMILES string of the molecule is C=C(C(=O)c1ccc(C(=O)O)cc1)c1cc(-c2nc3ccccc3[nH]2)c(OC)cc1OC. The van der Waals surface area contributed by atoms with Crippen LogP contribution in [0.25, 0.3) is 28.0 Å². The highest BCUT2D eigenvalue weighted by molar-refractivity contribution is 6.29. The number of para-hydroxylation sites is 2. The molecule has 1 heterocycles. The van der Waals surface area contributed by atoms with Crippen LogP contribution in [0, 0.1) is 0 Å². The van der Waals surface area contributed by atoms with Crippen LogP contribution in [0.2, 0.25) is 0 Å². The van der Waals surface area contributed by atoms with E-state index in [0.717, 1.165) is 11.0 Å². The number of nitrogens with zero attached hydrogens (tertiary/aromatic N) is 1. The van der Waals surface area contributed by atoms with Gasteiger partial charge in [-0.15, -0.1) is 0 Å². The van der Waals surface area contributed by atoms with Crippen LogP contribution in [0.3, 0.4) is 0 Å². The van der Waals surface area contributed by atoms with Crippen LogP contribution in [0.5, 0.6) is 11.5 Å². The third-order valence-electron chi connectivity index (χ3n) is 5.16. The number of benzene rings is 3. The molecule has 7 nitrogen and oxygen atoms in total. The van der Waals surface area contributed by atoms with E-state index in [1.807, 2.05) is 24.3 Å². The third-order valence-corrected chi connectivity index (χ3v) is 5.16. The van der Waals surface area contributed by atoms with E-state index in [2.05, 4.69) is 16.5 Å². The molecule has 4 aromatic rings. The fraction of sp³-hybridized carbons (Fsp3) is 0.0800. The van der Waals surface area contributed by atoms with Gasteiger partial charge in [-0.1, -0.05) is 30.8 Å². The molecule has 0 bridgehead atoms. The number of methoxy groups -OCH3 is 2. The van der Waals surface area contributed by atoms with Crippen molar-refractivity contribution >= 4 is 28.4 Å². The molecule has 0 saturated heterocycles. The molecule has 0 saturated carbocycles. The average molecular weight is 428 g/mol. The molecule has 7 heteroatoms. The minimum absolute atomic E-state index is 0.0985. The van der Waals surface area contributed by atoms with Crippen molar-refractivity contribution in [3.63, 3.8) is 0 Å². The summed E-state index contributed by atoms with van der Waals surface area (Å²) >= 11 is 0. The average Bonchev–Trinajstić information content (AvgIpc) is 3.26. The number of carbonyl (C=O) groups is 2. The van der Waals surface area contributed by atoms with E-state index in [9.17, 15) is 9.59 Å². The maximum Gasteiger partial charge on any atom is 0.335 e. The molecule has 0 aliphatic heterocycles. The summed E-state index contributed by atoms with van der Waals surface area (Å²) in [7, 11) is 3.04. The molecule has 0 amide bonds. The van der Waals surface area contributed by atoms with Gasteiger partial charge in [-0.3, -0.25) is 4.79 Å². The maximum absolute atomic E-state index is 13.1. The van der Waals surface area contributed by atoms with E-state index < -0.39 is 5.97 Å². The number of carbonyl (C=O) groups excluding carboxylic acids is 1. The number of ether oxygens (including phenoxy) is 2. The molecular weight excluding hydrogens is 408 g/mol. The summed E-state index contributed by atoms with van der Waals surface area (Å²) in [4.78, 5) is 32.1. The molecule has 0 spiro atoms. The van der Waals surface area contributed by atoms with E-state index >= 15 is 0 Å². The number of imidazole rings is 1. The zero-order valence-electron chi connectivity index (χ0n) is 17.5. The topological polar surface area (TPSA) is 102 Å². The number of ketones is 1. The van der Waals surface area contributed by atoms with Gasteiger partial charge in [0, 0.05) is 22.8 Å². The van der Waals surface area contributed by atoms with Gasteiger partial charge in [0.1, 0.15) is 17.3 Å². The van der Waals surface area contributed by atoms with Crippen molar-refractivity contribution in [1.29, 1.82) is 0 Å². The van der Waals surface area contributed by atoms with Gasteiger partial charge in [0.25, 0.3) is 0 Å². The Hall–Kier alpha value is -4.39. The number of Topliss-reactive ketones (excluding diaryl/α,β-unsaturated/α-hetero) is 1. The molecule has 3 aromatic carbocycles. The summed E-state index contributed by atoms with van der Waals surface area (Å²) in [5, 5.41) is 9.07. The van der Waals surface area contributed by atoms with Crippen molar-refractivity contribution in [2.45, 2.75) is 0 Å². The number of H-pyrrole nitrogens is 1. The molecule has 0 aliphatic carbocycles. The van der Waals surface area contributed by atoms with E-state index in [1.165, 1.54) is 31.4 Å². The number of rotatable bonds is 7. The number of hydrogen-bond acceptors (Lipinski definition) is 5. The van der Waals surface area contributed by atoms with E-state index in [-0.39, 0.29) is 16.9 Å². The Balaban J connectivity index is 1.78. The summed E-state index contributed by atoms with van der Waals surface area (Å²) in [6.45, 7) is 3.98. The van der Waals surface area contributed by atoms with Crippen LogP contribution < -0.4 is 9.47 Å². The van der Waals surface area contributed by atoms with Crippen LogP contribution in [0.15, 0.2) is 67.2 Å². The maximum atomic E-state index is 13.1. The zero-order chi connectivity index (χ0) is 22.8. The number of allylic oxidation sites excluding steroid dienone is 1. The van der Waals surface area contributed by atoms with Gasteiger partial charge in [-0.05, 0) is 30.3 Å². The third kappa shape index (κ3) is 3.72. The minimum Gasteiger partial charge on any atom is -0.496 e. The van der Waals surface area contributed by atoms with Crippen LogP contribution >= 0.6 is 0 Å². The molecule has 32 heavy (non-hydrogen) atoms. The highest BCUT2D eigenvalue weighted by Gasteiger charge is 2.21. The number of hydrogen-bond donors (Lipinski definition) is 2. The van der Waals surface area contributed by atoms with Crippen molar-refractivity contribution in [1.82, 2.24) is 9.97 Å². The van der Waals surface area contributed by atoms with Crippen LogP contribution in [-0.2, 0) is 0 Å². The van der Waals surface area contributed by atoms with E-state index in [0.29, 0.717) is 34.0 Å². The molecule has 0 radical (unpaired) electrons. The number of aromatic amines is 1. The summed E-state index contributed by atoms with van der Waals surface area (Å²) in [5.74, 6) is 0.118. The monoisotopic (exact) mass is 428 g/mol. The van der Waals surface area contributed by atoms with Gasteiger partial charge in [0.05, 0.1) is 36.4 Å². The Labute approximate surface area is 184 Å². The lowest BCUT2D eigenvalue weighted by Gasteiger charge is -2.15. The highest BCUT2D eigenvalue weighted by atomic mass is 16.5. The van der Waals surface area contributed by atoms with Gasteiger partial charge < -0.3 is 19.6 Å². The number of aromatic nitrogens is 2. The van der Waals surface area contributed by atoms with Crippen molar-refractivity contribution in [3.05, 3.63) is 83.9 Å². The Morgan fingerprint density at radius 3 is 2.22 bits per heavy atom. The Bertz CT molecular complexity index is 1320. The number of carboxylic acid groups (broad SMARTS) is 1. The van der Waals surface area contributed by atoms with Gasteiger partial charge in [-0.25, -0.2) is 9.78 Å². The predicted octanol–water partition coefficient (Wildman–Crippen LogP) is 4.84. The Kier molecular flexibility index (Phi) is 5.47. The van der Waals surface area contributed by atoms with Crippen molar-refractivity contribution in [2.24, 2.45) is 0 Å². The molecule has 160 valence electrons. The van der Waals surface area contributed by atoms with Crippen molar-refractivity contribution in [2.75, 3.05) is 14.2 Å². The van der Waals surface area contributed by atoms with E-state index in [1.54, 1.807) is 19.2 Å². The second-order valence-electron chi connectivity index (χ2n) is 7.05. The van der Waals surface area contributed by atoms with Gasteiger partial charge in [0.2, 0.25) is 0 Å². The fourth-order valence-electron chi connectivity index (χ4n) is 3.46. The molecule has 0 atom stereocenters. The second kappa shape index (κ2) is 8.39. The van der Waals surface area contributed by atoms with Gasteiger partial charge >= 0.3 is 5.97 Å². The standard InChI is InChI=1S/C25H20N2O5/c1-14(23(28)15-8-10-16(11-9-15)25(29)30)17-12-18(22(32-3)13-21(17)31-2)24-26-19-6-4-5-7-20(19)27-24/h4-13H,1H2,2-3H3,(H,26,27)(H,29,30). The minimum atomic E-state index is -1.06. The molecule has 0 aliphatic rings. The Morgan fingerprint density at radius 2 is 1.59 bits per heavy atom. The van der Waals surface area contributed by atoms with Crippen molar-refractivity contribution in [3.8, 4) is 22.9 Å². The smallest absolute Gasteiger partial charge is 0.335 e. The predicted molar refractivity (Wildman–Crippen MR) is 121 cm³/mol. The summed E-state index contributed by atoms with van der Waals surface area (Å²) < 4.78 is 11.0. The molecule has 2 N–H and O–H groups in total. The Morgan fingerprint density at radius 1 is 0.938 bits per heavy atom. The number of carboxylic acids is 1. The fourth-order valence-corrected chi connectivity index (χ4v) is 3.46. The summed E-state index contributed by atoms with van der Waals surface area (Å²) in [5.41, 5.74) is 3.42. The first-order chi connectivity index (χ1) is 15.4. The second-order valence-corrected chi connectivity index (χ2v) is 7.05. The quantitative estimate of drug-likeness (QED) is 0.323. The van der Waals surface area contributed by atoms with Gasteiger partial charge in [0.15, 0.2) is 5.78 Å². The normalized spacial score (nSPS) is 10.7. The summed E-state index contributed by atoms with van der Waals surface area (Å²) in [6, 6.07) is 16.8. The lowest BCUT2D eigenvalue weighted by atomic mass is 9.95. The van der Waals surface area contributed by atoms with Crippen molar-refractivity contribution < 1.29 is 24.2 Å². The molecule has 0 unspecified atom stereocenters. The molecule has 1 aromatic heterocycles. The first-order valence-corrected chi connectivity index (χ1v) is 9.71. The number of fused-ring (bicyclic) bond motifs is 1. The molecular formula is C25H20N2O5. The number of aromatic carboxylic acids is 1. The molecule has 0 fully saturated rings. The number of nitrogens with one attached hydrogen (secondary N) is 1. The summed E-state index contributed by atoms with van der Waals surface area (Å²) in [6.07, 6.45) is 0. The lowest BCUT2D eigenvalue weighted by Crippen LogP contribution is -2.05. The van der Waals surface area contributed by atoms with Crippen LogP contribution in [0.1, 0.15) is 26.3 Å². The van der Waals surface area contributed by atoms with E-state index in [4.69, 9.17) is 14.6 Å². The van der Waals surface area contributed by atoms with Gasteiger partial charge in [-0.2, -0.15) is 0 Å². The lowest BCUT2D eigenvalue weighted by molar-refractivity contribution is 0.0696. The van der Waals surface area contributed by atoms with Crippen LogP contribution in [-0.4, -0.2) is 41.0 Å². The molecule has 4 rings (SSSR count). The first-order valence-electron chi connectivity index (χ1n) is 9.71. The zero-order valence-corrected chi connectivity index (χ0v) is 17.5. The van der Waals surface area contributed by atoms with Crippen LogP contribution in [0.4, 0.5) is 0 Å².